The van der Waals surface area contributed by atoms with Crippen LogP contribution in [0.15, 0.2) is 0 Å². The number of rotatable bonds is 5. The van der Waals surface area contributed by atoms with E-state index in [1.54, 1.807) is 0 Å². The van der Waals surface area contributed by atoms with Crippen molar-refractivity contribution >= 4 is 0 Å². The van der Waals surface area contributed by atoms with Crippen LogP contribution in [-0.2, 0) is 0 Å². The minimum atomic E-state index is 0.732. The minimum Gasteiger partial charge on any atom is -0.315 e. The average molecular weight is 198 g/mol. The fourth-order valence-electron chi connectivity index (χ4n) is 2.73. The highest BCUT2D eigenvalue weighted by Crippen LogP contribution is 2.23. The van der Waals surface area contributed by atoms with Crippen molar-refractivity contribution in [1.29, 1.82) is 0 Å². The summed E-state index contributed by atoms with van der Waals surface area (Å²) in [6.45, 7) is 7.03. The predicted molar refractivity (Wildman–Crippen MR) is 62.6 cm³/mol. The van der Waals surface area contributed by atoms with Gasteiger partial charge in [-0.2, -0.15) is 0 Å². The van der Waals surface area contributed by atoms with Crippen LogP contribution in [0.3, 0.4) is 0 Å². The number of likely N-dealkylation sites (N-methyl/N-ethyl adjacent to an activating group) is 2. The Hall–Kier alpha value is -0.0800. The third-order valence-electron chi connectivity index (χ3n) is 3.49. The first-order valence-electron chi connectivity index (χ1n) is 6.24. The van der Waals surface area contributed by atoms with Crippen molar-refractivity contribution in [2.75, 3.05) is 20.1 Å². The fourth-order valence-corrected chi connectivity index (χ4v) is 2.73. The van der Waals surface area contributed by atoms with Gasteiger partial charge in [-0.25, -0.2) is 0 Å². The number of nitrogens with one attached hydrogen (secondary N) is 1. The van der Waals surface area contributed by atoms with Crippen LogP contribution < -0.4 is 5.32 Å². The first kappa shape index (κ1) is 12.0. The molecule has 0 radical (unpaired) electrons. The highest BCUT2D eigenvalue weighted by Gasteiger charge is 2.27. The Bertz CT molecular complexity index is 147. The van der Waals surface area contributed by atoms with E-state index >= 15 is 0 Å². The zero-order valence-corrected chi connectivity index (χ0v) is 10.1. The van der Waals surface area contributed by atoms with Gasteiger partial charge in [0, 0.05) is 12.1 Å². The van der Waals surface area contributed by atoms with E-state index in [1.807, 2.05) is 0 Å². The van der Waals surface area contributed by atoms with Crippen molar-refractivity contribution in [3.8, 4) is 0 Å². The summed E-state index contributed by atoms with van der Waals surface area (Å²) < 4.78 is 0. The lowest BCUT2D eigenvalue weighted by molar-refractivity contribution is 0.131. The Kier molecular flexibility index (Phi) is 5.49. The molecule has 1 N–H and O–H groups in total. The lowest BCUT2D eigenvalue weighted by Gasteiger charge is -2.39. The van der Waals surface area contributed by atoms with Crippen molar-refractivity contribution in [2.24, 2.45) is 0 Å². The molecule has 0 bridgehead atoms. The van der Waals surface area contributed by atoms with E-state index < -0.39 is 0 Å². The van der Waals surface area contributed by atoms with Crippen molar-refractivity contribution in [3.05, 3.63) is 0 Å². The van der Waals surface area contributed by atoms with Gasteiger partial charge in [0.05, 0.1) is 0 Å². The third kappa shape index (κ3) is 2.96. The van der Waals surface area contributed by atoms with Gasteiger partial charge in [-0.3, -0.25) is 4.90 Å². The van der Waals surface area contributed by atoms with E-state index in [-0.39, 0.29) is 0 Å². The number of hydrogen-bond donors (Lipinski definition) is 1. The quantitative estimate of drug-likeness (QED) is 0.729. The van der Waals surface area contributed by atoms with Gasteiger partial charge in [0.2, 0.25) is 0 Å². The summed E-state index contributed by atoms with van der Waals surface area (Å²) in [5.41, 5.74) is 0. The van der Waals surface area contributed by atoms with Gasteiger partial charge >= 0.3 is 0 Å². The summed E-state index contributed by atoms with van der Waals surface area (Å²) in [5.74, 6) is 0. The largest absolute Gasteiger partial charge is 0.315 e. The van der Waals surface area contributed by atoms with Gasteiger partial charge in [-0.1, -0.05) is 26.7 Å². The standard InChI is InChI=1S/C12H26N2/c1-4-10-14(5-2)12-9-7-6-8-11(12)13-3/h11-13H,4-10H2,1-3H3. The normalized spacial score (nSPS) is 28.3. The second-order valence-electron chi connectivity index (χ2n) is 4.38. The lowest BCUT2D eigenvalue weighted by atomic mass is 9.89. The maximum Gasteiger partial charge on any atom is 0.0249 e. The molecule has 1 rings (SSSR count). The molecule has 0 spiro atoms. The summed E-state index contributed by atoms with van der Waals surface area (Å²) in [6, 6.07) is 1.52. The maximum absolute atomic E-state index is 3.49. The fraction of sp³-hybridized carbons (Fsp3) is 1.00. The molecule has 2 nitrogen and oxygen atoms in total. The maximum atomic E-state index is 3.49. The van der Waals surface area contributed by atoms with E-state index in [9.17, 15) is 0 Å². The minimum absolute atomic E-state index is 0.732. The molecule has 84 valence electrons. The summed E-state index contributed by atoms with van der Waals surface area (Å²) >= 11 is 0. The lowest BCUT2D eigenvalue weighted by Crippen LogP contribution is -2.50. The zero-order chi connectivity index (χ0) is 10.4. The second-order valence-corrected chi connectivity index (χ2v) is 4.38. The van der Waals surface area contributed by atoms with Crippen LogP contribution in [0.1, 0.15) is 46.0 Å². The Morgan fingerprint density at radius 1 is 1.21 bits per heavy atom. The molecule has 1 aliphatic rings. The van der Waals surface area contributed by atoms with E-state index in [2.05, 4.69) is 31.1 Å². The summed E-state index contributed by atoms with van der Waals surface area (Å²) in [4.78, 5) is 2.65. The van der Waals surface area contributed by atoms with Crippen molar-refractivity contribution < 1.29 is 0 Å². The molecule has 0 aliphatic heterocycles. The average Bonchev–Trinajstić information content (AvgIpc) is 2.26. The Morgan fingerprint density at radius 2 is 1.93 bits per heavy atom. The molecule has 0 aromatic heterocycles. The van der Waals surface area contributed by atoms with Crippen LogP contribution in [0.5, 0.6) is 0 Å². The Labute approximate surface area is 89.1 Å². The molecule has 2 heteroatoms. The van der Waals surface area contributed by atoms with Crippen LogP contribution in [-0.4, -0.2) is 37.1 Å². The van der Waals surface area contributed by atoms with Crippen LogP contribution in [0.25, 0.3) is 0 Å². The van der Waals surface area contributed by atoms with E-state index in [1.165, 1.54) is 45.2 Å². The zero-order valence-electron chi connectivity index (χ0n) is 10.1. The highest BCUT2D eigenvalue weighted by atomic mass is 15.2. The predicted octanol–water partition coefficient (Wildman–Crippen LogP) is 2.25. The number of hydrogen-bond acceptors (Lipinski definition) is 2. The van der Waals surface area contributed by atoms with Gasteiger partial charge in [0.1, 0.15) is 0 Å². The van der Waals surface area contributed by atoms with Crippen LogP contribution in [0.2, 0.25) is 0 Å². The second kappa shape index (κ2) is 6.41. The van der Waals surface area contributed by atoms with E-state index in [0.717, 1.165) is 12.1 Å². The van der Waals surface area contributed by atoms with E-state index in [0.29, 0.717) is 0 Å². The summed E-state index contributed by atoms with van der Waals surface area (Å²) in [7, 11) is 2.11. The molecular formula is C12H26N2. The monoisotopic (exact) mass is 198 g/mol. The van der Waals surface area contributed by atoms with Gasteiger partial charge < -0.3 is 5.32 Å². The highest BCUT2D eigenvalue weighted by molar-refractivity contribution is 4.86. The third-order valence-corrected chi connectivity index (χ3v) is 3.49. The molecular weight excluding hydrogens is 172 g/mol. The van der Waals surface area contributed by atoms with Crippen LogP contribution >= 0.6 is 0 Å². The summed E-state index contributed by atoms with van der Waals surface area (Å²) in [5, 5.41) is 3.49. The van der Waals surface area contributed by atoms with Gasteiger partial charge in [-0.15, -0.1) is 0 Å². The summed E-state index contributed by atoms with van der Waals surface area (Å²) in [6.07, 6.45) is 6.86. The molecule has 2 atom stereocenters. The molecule has 2 unspecified atom stereocenters. The van der Waals surface area contributed by atoms with Crippen molar-refractivity contribution in [1.82, 2.24) is 10.2 Å². The Morgan fingerprint density at radius 3 is 2.50 bits per heavy atom. The van der Waals surface area contributed by atoms with Crippen molar-refractivity contribution in [2.45, 2.75) is 58.0 Å². The van der Waals surface area contributed by atoms with Crippen molar-refractivity contribution in [3.63, 3.8) is 0 Å². The van der Waals surface area contributed by atoms with E-state index in [4.69, 9.17) is 0 Å². The number of nitrogens with zero attached hydrogens (tertiary/aromatic N) is 1. The first-order chi connectivity index (χ1) is 6.83. The molecule has 1 saturated carbocycles. The molecule has 0 saturated heterocycles. The molecule has 1 fully saturated rings. The Balaban J connectivity index is 2.51. The molecule has 0 amide bonds. The van der Waals surface area contributed by atoms with Gasteiger partial charge in [0.25, 0.3) is 0 Å². The molecule has 0 aromatic carbocycles. The molecule has 14 heavy (non-hydrogen) atoms. The SMILES string of the molecule is CCCN(CC)C1CCCCC1NC. The van der Waals surface area contributed by atoms with Gasteiger partial charge in [-0.05, 0) is 39.4 Å². The molecule has 1 aliphatic carbocycles. The smallest absolute Gasteiger partial charge is 0.0249 e. The van der Waals surface area contributed by atoms with Crippen LogP contribution in [0.4, 0.5) is 0 Å². The molecule has 0 aromatic rings. The molecule has 0 heterocycles. The topological polar surface area (TPSA) is 15.3 Å². The van der Waals surface area contributed by atoms with Gasteiger partial charge in [0.15, 0.2) is 0 Å². The van der Waals surface area contributed by atoms with Crippen LogP contribution in [0, 0.1) is 0 Å². The first-order valence-corrected chi connectivity index (χ1v) is 6.24.